The molecule has 2 N–H and O–H groups in total. The van der Waals surface area contributed by atoms with Crippen LogP contribution in [-0.4, -0.2) is 67.2 Å². The van der Waals surface area contributed by atoms with Crippen LogP contribution in [0.3, 0.4) is 0 Å². The first-order chi connectivity index (χ1) is 30.8. The van der Waals surface area contributed by atoms with Crippen LogP contribution in [0, 0.1) is 17.3 Å². The van der Waals surface area contributed by atoms with E-state index in [-0.39, 0.29) is 40.4 Å². The molecule has 2 saturated heterocycles. The molecule has 0 unspecified atom stereocenters. The van der Waals surface area contributed by atoms with Gasteiger partial charge in [0, 0.05) is 34.0 Å². The zero-order valence-corrected chi connectivity index (χ0v) is 43.6. The summed E-state index contributed by atoms with van der Waals surface area (Å²) >= 11 is 0. The first-order valence-corrected chi connectivity index (χ1v) is 26.9. The summed E-state index contributed by atoms with van der Waals surface area (Å²) in [6.07, 6.45) is 28.8. The van der Waals surface area contributed by atoms with Gasteiger partial charge in [-0.15, -0.1) is 0 Å². The number of piperidine rings is 2. The predicted molar refractivity (Wildman–Crippen MR) is 275 cm³/mol. The van der Waals surface area contributed by atoms with E-state index in [9.17, 15) is 19.8 Å². The van der Waals surface area contributed by atoms with Crippen LogP contribution in [0.25, 0.3) is 0 Å². The molecule has 65 heavy (non-hydrogen) atoms. The largest absolute Gasteiger partial charge is 0.480 e. The Hall–Kier alpha value is -2.70. The number of aliphatic carboxylic acids is 2. The third-order valence-corrected chi connectivity index (χ3v) is 16.7. The van der Waals surface area contributed by atoms with Crippen molar-refractivity contribution in [3.8, 4) is 0 Å². The van der Waals surface area contributed by atoms with Gasteiger partial charge < -0.3 is 10.2 Å². The van der Waals surface area contributed by atoms with Crippen LogP contribution in [-0.2, 0) is 21.4 Å². The average Bonchev–Trinajstić information content (AvgIpc) is 3.23. The molecule has 2 aliphatic heterocycles. The van der Waals surface area contributed by atoms with Crippen LogP contribution in [0.1, 0.15) is 234 Å². The number of likely N-dealkylation sites (tertiary alicyclic amines) is 2. The maximum absolute atomic E-state index is 14.8. The van der Waals surface area contributed by atoms with Crippen LogP contribution in [0.5, 0.6) is 0 Å². The van der Waals surface area contributed by atoms with Gasteiger partial charge in [0.05, 0.1) is 0 Å². The van der Waals surface area contributed by atoms with Gasteiger partial charge in [0.2, 0.25) is 0 Å². The zero-order valence-electron chi connectivity index (χ0n) is 43.6. The maximum atomic E-state index is 14.8. The average molecular weight is 899 g/mol. The zero-order chi connectivity index (χ0) is 47.8. The van der Waals surface area contributed by atoms with Crippen LogP contribution >= 0.6 is 0 Å². The molecule has 2 aromatic carbocycles. The van der Waals surface area contributed by atoms with E-state index in [2.05, 4.69) is 91.2 Å². The van der Waals surface area contributed by atoms with E-state index in [1.165, 1.54) is 116 Å². The molecule has 0 atom stereocenters. The van der Waals surface area contributed by atoms with Crippen molar-refractivity contribution >= 4 is 11.9 Å². The Kier molecular flexibility index (Phi) is 21.2. The Morgan fingerprint density at radius 1 is 0.477 bits per heavy atom. The third-order valence-electron chi connectivity index (χ3n) is 16.7. The number of hydrogen-bond acceptors (Lipinski definition) is 4. The lowest BCUT2D eigenvalue weighted by molar-refractivity contribution is -0.190. The number of rotatable bonds is 30. The van der Waals surface area contributed by atoms with E-state index in [0.717, 1.165) is 62.7 Å². The molecule has 2 fully saturated rings. The summed E-state index contributed by atoms with van der Waals surface area (Å²) in [5.74, 6) is -2.88. The second-order valence-corrected chi connectivity index (χ2v) is 23.5. The van der Waals surface area contributed by atoms with E-state index in [1.54, 1.807) is 0 Å². The van der Waals surface area contributed by atoms with E-state index in [0.29, 0.717) is 0 Å². The summed E-state index contributed by atoms with van der Waals surface area (Å²) in [6, 6.07) is 19.9. The highest BCUT2D eigenvalue weighted by atomic mass is 16.4. The summed E-state index contributed by atoms with van der Waals surface area (Å²) in [4.78, 5) is 35.0. The van der Waals surface area contributed by atoms with Gasteiger partial charge >= 0.3 is 11.9 Å². The van der Waals surface area contributed by atoms with Gasteiger partial charge in [0.15, 0.2) is 5.41 Å². The summed E-state index contributed by atoms with van der Waals surface area (Å²) < 4.78 is 0. The highest BCUT2D eigenvalue weighted by molar-refractivity contribution is 6.01. The van der Waals surface area contributed by atoms with Crippen molar-refractivity contribution in [3.63, 3.8) is 0 Å². The molecule has 0 bridgehead atoms. The van der Waals surface area contributed by atoms with E-state index < -0.39 is 22.8 Å². The quantitative estimate of drug-likeness (QED) is 0.0601. The molecule has 0 aromatic heterocycles. The molecule has 368 valence electrons. The highest BCUT2D eigenvalue weighted by Gasteiger charge is 2.71. The second-order valence-electron chi connectivity index (χ2n) is 23.5. The van der Waals surface area contributed by atoms with Crippen LogP contribution in [0.4, 0.5) is 0 Å². The second kappa shape index (κ2) is 25.1. The van der Waals surface area contributed by atoms with Gasteiger partial charge in [0.1, 0.15) is 0 Å². The number of carboxylic acids is 2. The first-order valence-electron chi connectivity index (χ1n) is 26.9. The Balaban J connectivity index is 1.75. The van der Waals surface area contributed by atoms with Crippen LogP contribution < -0.4 is 0 Å². The fraction of sp³-hybridized carbons (Fsp3) is 0.763. The van der Waals surface area contributed by atoms with Gasteiger partial charge in [-0.05, 0) is 130 Å². The minimum atomic E-state index is -2.14. The standard InChI is InChI=1S/C59H98N2O4/c1-11-13-15-17-19-21-23-25-27-35-41-60-54(3,4)44-50(45-55(60,5)6)59(49-39-33-30-34-40-49,58(52(62)63,53(64)65)43-48-37-31-29-32-38-48)51-46-56(7,8)61(57(9,10)47-51)42-36-28-26-24-22-20-18-16-14-12-2/h29-34,37-40,50-51H,11-28,35-36,41-47H2,1-10H3,(H,62,63)(H,64,65). The summed E-state index contributed by atoms with van der Waals surface area (Å²) in [5, 5.41) is 24.1. The molecule has 2 aliphatic rings. The Labute approximate surface area is 399 Å². The first kappa shape index (κ1) is 54.9. The summed E-state index contributed by atoms with van der Waals surface area (Å²) in [5.41, 5.74) is -2.90. The van der Waals surface area contributed by atoms with Crippen molar-refractivity contribution in [3.05, 3.63) is 71.8 Å². The summed E-state index contributed by atoms with van der Waals surface area (Å²) in [6.45, 7) is 25.4. The molecule has 0 spiro atoms. The topological polar surface area (TPSA) is 81.1 Å². The lowest BCUT2D eigenvalue weighted by Crippen LogP contribution is -2.72. The Morgan fingerprint density at radius 2 is 0.769 bits per heavy atom. The lowest BCUT2D eigenvalue weighted by atomic mass is 9.42. The maximum Gasteiger partial charge on any atom is 0.322 e. The van der Waals surface area contributed by atoms with Gasteiger partial charge in [-0.1, -0.05) is 190 Å². The molecule has 0 radical (unpaired) electrons. The molecular weight excluding hydrogens is 801 g/mol. The van der Waals surface area contributed by atoms with Gasteiger partial charge in [-0.25, -0.2) is 0 Å². The molecule has 0 amide bonds. The fourth-order valence-electron chi connectivity index (χ4n) is 14.1. The van der Waals surface area contributed by atoms with Gasteiger partial charge in [0.25, 0.3) is 0 Å². The van der Waals surface area contributed by atoms with Crippen molar-refractivity contribution < 1.29 is 19.8 Å². The van der Waals surface area contributed by atoms with Gasteiger partial charge in [-0.2, -0.15) is 0 Å². The number of carboxylic acid groups (broad SMARTS) is 2. The predicted octanol–water partition coefficient (Wildman–Crippen LogP) is 15.7. The SMILES string of the molecule is CCCCCCCCCCCCN1C(C)(C)CC(C(c2ccccc2)(C2CC(C)(C)N(CCCCCCCCCCCC)C(C)(C)C2)C(Cc2ccccc2)(C(=O)O)C(=O)O)CC1(C)C. The highest BCUT2D eigenvalue weighted by Crippen LogP contribution is 2.64. The van der Waals surface area contributed by atoms with Crippen molar-refractivity contribution in [1.82, 2.24) is 9.80 Å². The van der Waals surface area contributed by atoms with Crippen molar-refractivity contribution in [2.75, 3.05) is 13.1 Å². The Morgan fingerprint density at radius 3 is 1.08 bits per heavy atom. The lowest BCUT2D eigenvalue weighted by Gasteiger charge is -2.66. The summed E-state index contributed by atoms with van der Waals surface area (Å²) in [7, 11) is 0. The van der Waals surface area contributed by atoms with E-state index in [1.807, 2.05) is 48.5 Å². The molecule has 6 heteroatoms. The van der Waals surface area contributed by atoms with Crippen molar-refractivity contribution in [2.24, 2.45) is 17.3 Å². The van der Waals surface area contributed by atoms with Crippen molar-refractivity contribution in [2.45, 2.75) is 257 Å². The Bertz CT molecular complexity index is 1570. The number of benzene rings is 2. The molecule has 2 aromatic rings. The normalized spacial score (nSPS) is 19.4. The fourth-order valence-corrected chi connectivity index (χ4v) is 14.1. The van der Waals surface area contributed by atoms with E-state index in [4.69, 9.17) is 0 Å². The smallest absolute Gasteiger partial charge is 0.322 e. The molecule has 4 rings (SSSR count). The third kappa shape index (κ3) is 13.7. The monoisotopic (exact) mass is 899 g/mol. The number of carbonyl (C=O) groups is 2. The minimum Gasteiger partial charge on any atom is -0.480 e. The molecule has 2 heterocycles. The van der Waals surface area contributed by atoms with Gasteiger partial charge in [-0.3, -0.25) is 19.4 Å². The van der Waals surface area contributed by atoms with E-state index >= 15 is 0 Å². The molecule has 6 nitrogen and oxygen atoms in total. The number of unbranched alkanes of at least 4 members (excludes halogenated alkanes) is 18. The molecule has 0 aliphatic carbocycles. The molecule has 0 saturated carbocycles. The number of hydrogen-bond donors (Lipinski definition) is 2. The van der Waals surface area contributed by atoms with Crippen molar-refractivity contribution in [1.29, 1.82) is 0 Å². The minimum absolute atomic E-state index is 0.0766. The van der Waals surface area contributed by atoms with Crippen LogP contribution in [0.2, 0.25) is 0 Å². The number of nitrogens with zero attached hydrogens (tertiary/aromatic N) is 2. The van der Waals surface area contributed by atoms with Crippen LogP contribution in [0.15, 0.2) is 60.7 Å². The molecular formula is C59H98N2O4.